The number of aromatic nitrogens is 2. The van der Waals surface area contributed by atoms with E-state index in [9.17, 15) is 4.79 Å². The fraction of sp³-hybridized carbons (Fsp3) is 0.133. The van der Waals surface area contributed by atoms with Gasteiger partial charge in [0.2, 0.25) is 5.78 Å². The van der Waals surface area contributed by atoms with Crippen LogP contribution in [0.4, 0.5) is 0 Å². The number of ketones is 1. The predicted molar refractivity (Wildman–Crippen MR) is 136 cm³/mol. The molecular formula is C30H26N2O2. The van der Waals surface area contributed by atoms with Crippen LogP contribution in [0, 0.1) is 0 Å². The zero-order valence-electron chi connectivity index (χ0n) is 19.1. The molecule has 1 aromatic heterocycles. The van der Waals surface area contributed by atoms with Gasteiger partial charge in [0.15, 0.2) is 5.82 Å². The molecule has 5 rings (SSSR count). The second kappa shape index (κ2) is 9.86. The fourth-order valence-electron chi connectivity index (χ4n) is 4.30. The number of carbonyl (C=O) groups excluding carboxylic acids is 1. The van der Waals surface area contributed by atoms with Gasteiger partial charge in [-0.1, -0.05) is 91.0 Å². The number of benzene rings is 4. The molecule has 0 saturated carbocycles. The number of fused-ring (bicyclic) bond motifs is 1. The minimum Gasteiger partial charge on any atom is -0.365 e. The molecule has 0 N–H and O–H groups in total. The second-order valence-corrected chi connectivity index (χ2v) is 8.43. The highest BCUT2D eigenvalue weighted by molar-refractivity contribution is 5.96. The minimum atomic E-state index is -0.655. The molecule has 0 aliphatic rings. The molecule has 1 heterocycles. The van der Waals surface area contributed by atoms with Crippen molar-refractivity contribution in [2.75, 3.05) is 0 Å². The van der Waals surface area contributed by atoms with E-state index in [1.807, 2.05) is 49.5 Å². The lowest BCUT2D eigenvalue weighted by molar-refractivity contribution is 0.0331. The summed E-state index contributed by atoms with van der Waals surface area (Å²) in [5.41, 5.74) is 4.33. The van der Waals surface area contributed by atoms with Gasteiger partial charge in [-0.2, -0.15) is 0 Å². The lowest BCUT2D eigenvalue weighted by atomic mass is 9.94. The van der Waals surface area contributed by atoms with Crippen LogP contribution >= 0.6 is 0 Å². The number of Topliss-reactive ketones (excluding diaryl/α,β-unsaturated/α-hetero) is 1. The molecule has 0 aliphatic heterocycles. The Kier molecular flexibility index (Phi) is 6.32. The Balaban J connectivity index is 1.44. The summed E-state index contributed by atoms with van der Waals surface area (Å²) in [6.07, 6.45) is 3.24. The van der Waals surface area contributed by atoms with Crippen molar-refractivity contribution in [1.82, 2.24) is 9.55 Å². The van der Waals surface area contributed by atoms with Crippen molar-refractivity contribution in [2.45, 2.75) is 19.1 Å². The van der Waals surface area contributed by atoms with Crippen molar-refractivity contribution in [2.24, 2.45) is 7.05 Å². The first-order valence-corrected chi connectivity index (χ1v) is 11.4. The van der Waals surface area contributed by atoms with E-state index in [2.05, 4.69) is 59.6 Å². The van der Waals surface area contributed by atoms with Gasteiger partial charge in [0.05, 0.1) is 6.61 Å². The van der Waals surface area contributed by atoms with Gasteiger partial charge in [-0.3, -0.25) is 4.79 Å². The molecule has 0 radical (unpaired) electrons. The summed E-state index contributed by atoms with van der Waals surface area (Å²) in [6.45, 7) is 0.346. The second-order valence-electron chi connectivity index (χ2n) is 8.43. The van der Waals surface area contributed by atoms with E-state index in [1.165, 1.54) is 5.39 Å². The van der Waals surface area contributed by atoms with Gasteiger partial charge in [0.1, 0.15) is 6.10 Å². The van der Waals surface area contributed by atoms with Crippen LogP contribution in [-0.2, 0) is 24.8 Å². The van der Waals surface area contributed by atoms with E-state index in [1.54, 1.807) is 17.0 Å². The number of carbonyl (C=O) groups is 1. The number of hydrogen-bond donors (Lipinski definition) is 0. The number of imidazole rings is 1. The Morgan fingerprint density at radius 1 is 0.882 bits per heavy atom. The number of nitrogens with zero attached hydrogens (tertiary/aromatic N) is 2. The molecule has 4 aromatic carbocycles. The molecule has 0 aliphatic carbocycles. The lowest BCUT2D eigenvalue weighted by Gasteiger charge is -2.19. The Morgan fingerprint density at radius 3 is 2.41 bits per heavy atom. The molecular weight excluding hydrogens is 420 g/mol. The van der Waals surface area contributed by atoms with E-state index < -0.39 is 6.10 Å². The van der Waals surface area contributed by atoms with Gasteiger partial charge in [0.25, 0.3) is 0 Å². The van der Waals surface area contributed by atoms with Crippen LogP contribution in [0.5, 0.6) is 0 Å². The highest BCUT2D eigenvalue weighted by atomic mass is 16.5. The molecule has 1 atom stereocenters. The third kappa shape index (κ3) is 4.68. The Morgan fingerprint density at radius 2 is 1.62 bits per heavy atom. The van der Waals surface area contributed by atoms with Gasteiger partial charge >= 0.3 is 0 Å². The first kappa shape index (κ1) is 21.8. The summed E-state index contributed by atoms with van der Waals surface area (Å²) in [5, 5.41) is 2.34. The van der Waals surface area contributed by atoms with Crippen LogP contribution in [0.1, 0.15) is 21.7 Å². The van der Waals surface area contributed by atoms with E-state index in [4.69, 9.17) is 4.74 Å². The molecule has 168 valence electrons. The molecule has 4 nitrogen and oxygen atoms in total. The van der Waals surface area contributed by atoms with Crippen LogP contribution in [0.3, 0.4) is 0 Å². The molecule has 0 fully saturated rings. The van der Waals surface area contributed by atoms with Gasteiger partial charge in [-0.25, -0.2) is 4.98 Å². The van der Waals surface area contributed by atoms with E-state index >= 15 is 0 Å². The van der Waals surface area contributed by atoms with Crippen molar-refractivity contribution >= 4 is 16.6 Å². The zero-order chi connectivity index (χ0) is 23.3. The van der Waals surface area contributed by atoms with Crippen molar-refractivity contribution in [1.29, 1.82) is 0 Å². The smallest absolute Gasteiger partial charge is 0.227 e. The average molecular weight is 447 g/mol. The average Bonchev–Trinajstić information content (AvgIpc) is 3.32. The quantitative estimate of drug-likeness (QED) is 0.265. The maximum atomic E-state index is 13.5. The Hall–Kier alpha value is -4.02. The third-order valence-electron chi connectivity index (χ3n) is 6.11. The minimum absolute atomic E-state index is 0.115. The van der Waals surface area contributed by atoms with Crippen molar-refractivity contribution < 1.29 is 9.53 Å². The third-order valence-corrected chi connectivity index (χ3v) is 6.11. The molecule has 0 amide bonds. The maximum absolute atomic E-state index is 13.5. The number of rotatable bonds is 8. The summed E-state index contributed by atoms with van der Waals surface area (Å²) in [5.74, 6) is 0.289. The first-order chi connectivity index (χ1) is 16.7. The largest absolute Gasteiger partial charge is 0.365 e. The van der Waals surface area contributed by atoms with E-state index in [0.717, 1.165) is 27.6 Å². The summed E-state index contributed by atoms with van der Waals surface area (Å²) >= 11 is 0. The first-order valence-electron chi connectivity index (χ1n) is 11.4. The summed E-state index contributed by atoms with van der Waals surface area (Å²) in [4.78, 5) is 17.8. The number of aryl methyl sites for hydroxylation is 1. The van der Waals surface area contributed by atoms with Crippen molar-refractivity contribution in [3.8, 4) is 11.1 Å². The summed E-state index contributed by atoms with van der Waals surface area (Å²) in [7, 11) is 1.83. The van der Waals surface area contributed by atoms with Crippen LogP contribution in [0.2, 0.25) is 0 Å². The van der Waals surface area contributed by atoms with Crippen LogP contribution < -0.4 is 0 Å². The van der Waals surface area contributed by atoms with Crippen LogP contribution in [-0.4, -0.2) is 21.4 Å². The zero-order valence-corrected chi connectivity index (χ0v) is 19.1. The standard InChI is InChI=1S/C30H26N2O2/c1-32-18-17-31-30(32)29(33)28(34-21-22-15-16-23-9-5-6-12-25(23)19-22)20-26-13-7-8-14-27(26)24-10-3-2-4-11-24/h2-19,28H,20-21H2,1H3/t28-/m0/s1. The van der Waals surface area contributed by atoms with Gasteiger partial charge < -0.3 is 9.30 Å². The monoisotopic (exact) mass is 446 g/mol. The SMILES string of the molecule is Cn1ccnc1C(=O)[C@H](Cc1ccccc1-c1ccccc1)OCc1ccc2ccccc2c1. The summed E-state index contributed by atoms with van der Waals surface area (Å²) in [6, 6.07) is 32.9. The van der Waals surface area contributed by atoms with Crippen molar-refractivity contribution in [3.05, 3.63) is 126 Å². The van der Waals surface area contributed by atoms with Gasteiger partial charge in [-0.15, -0.1) is 0 Å². The highest BCUT2D eigenvalue weighted by Gasteiger charge is 2.26. The molecule has 4 heteroatoms. The fourth-order valence-corrected chi connectivity index (χ4v) is 4.30. The Bertz CT molecular complexity index is 1420. The molecule has 0 saturated heterocycles. The van der Waals surface area contributed by atoms with E-state index in [-0.39, 0.29) is 5.78 Å². The van der Waals surface area contributed by atoms with Crippen LogP contribution in [0.25, 0.3) is 21.9 Å². The summed E-state index contributed by atoms with van der Waals surface area (Å²) < 4.78 is 8.06. The van der Waals surface area contributed by atoms with Gasteiger partial charge in [-0.05, 0) is 39.1 Å². The molecule has 5 aromatic rings. The molecule has 34 heavy (non-hydrogen) atoms. The normalized spacial score (nSPS) is 12.0. The van der Waals surface area contributed by atoms with Crippen LogP contribution in [0.15, 0.2) is 109 Å². The maximum Gasteiger partial charge on any atom is 0.227 e. The highest BCUT2D eigenvalue weighted by Crippen LogP contribution is 2.26. The molecule has 0 unspecified atom stereocenters. The lowest BCUT2D eigenvalue weighted by Crippen LogP contribution is -2.29. The number of ether oxygens (including phenoxy) is 1. The van der Waals surface area contributed by atoms with Gasteiger partial charge in [0, 0.05) is 25.9 Å². The Labute approximate surface area is 199 Å². The molecule has 0 spiro atoms. The molecule has 0 bridgehead atoms. The predicted octanol–water partition coefficient (Wildman–Crippen LogP) is 6.25. The van der Waals surface area contributed by atoms with E-state index in [0.29, 0.717) is 18.9 Å². The number of hydrogen-bond acceptors (Lipinski definition) is 3. The van der Waals surface area contributed by atoms with Crippen molar-refractivity contribution in [3.63, 3.8) is 0 Å². The topological polar surface area (TPSA) is 44.1 Å².